The fraction of sp³-hybridized carbons (Fsp3) is 0.286. The quantitative estimate of drug-likeness (QED) is 0.719. The molecule has 1 heterocycles. The molecule has 0 bridgehead atoms. The van der Waals surface area contributed by atoms with Crippen LogP contribution in [0, 0.1) is 11.6 Å². The molecule has 1 nitrogen and oxygen atoms in total. The first kappa shape index (κ1) is 15.9. The zero-order valence-electron chi connectivity index (χ0n) is 10.7. The van der Waals surface area contributed by atoms with Crippen LogP contribution in [-0.4, -0.2) is 6.54 Å². The zero-order chi connectivity index (χ0) is 14.7. The van der Waals surface area contributed by atoms with Crippen LogP contribution in [0.15, 0.2) is 28.1 Å². The Labute approximate surface area is 134 Å². The second-order valence-corrected chi connectivity index (χ2v) is 7.10. The van der Waals surface area contributed by atoms with Crippen molar-refractivity contribution in [1.82, 2.24) is 5.32 Å². The maximum absolute atomic E-state index is 14.0. The van der Waals surface area contributed by atoms with Crippen molar-refractivity contribution in [3.8, 4) is 0 Å². The Morgan fingerprint density at radius 3 is 2.50 bits per heavy atom. The molecule has 0 spiro atoms. The minimum Gasteiger partial charge on any atom is -0.305 e. The maximum Gasteiger partial charge on any atom is 0.131 e. The Balaban J connectivity index is 2.47. The van der Waals surface area contributed by atoms with E-state index in [9.17, 15) is 8.78 Å². The van der Waals surface area contributed by atoms with Crippen molar-refractivity contribution < 1.29 is 8.78 Å². The van der Waals surface area contributed by atoms with E-state index in [0.717, 1.165) is 15.1 Å². The molecule has 0 saturated carbocycles. The number of nitrogens with one attached hydrogen (secondary N) is 1. The Kier molecular flexibility index (Phi) is 5.55. The molecule has 6 heteroatoms. The van der Waals surface area contributed by atoms with Gasteiger partial charge in [-0.05, 0) is 47.1 Å². The third-order valence-corrected chi connectivity index (χ3v) is 5.38. The Hall–Kier alpha value is -0.490. The second-order valence-electron chi connectivity index (χ2n) is 4.29. The van der Waals surface area contributed by atoms with E-state index in [1.165, 1.54) is 29.5 Å². The maximum atomic E-state index is 14.0. The highest BCUT2D eigenvalue weighted by Gasteiger charge is 2.23. The topological polar surface area (TPSA) is 12.0 Å². The first-order valence-corrected chi connectivity index (χ1v) is 8.15. The van der Waals surface area contributed by atoms with Gasteiger partial charge in [-0.1, -0.05) is 24.6 Å². The molecule has 1 N–H and O–H groups in total. The van der Waals surface area contributed by atoms with Crippen LogP contribution in [-0.2, 0) is 0 Å². The number of benzene rings is 1. The van der Waals surface area contributed by atoms with Gasteiger partial charge in [-0.25, -0.2) is 8.78 Å². The molecular formula is C14H13BrClF2NS. The first-order valence-electron chi connectivity index (χ1n) is 6.16. The van der Waals surface area contributed by atoms with Crippen LogP contribution in [0.4, 0.5) is 8.78 Å². The minimum atomic E-state index is -0.556. The van der Waals surface area contributed by atoms with E-state index in [1.807, 2.05) is 6.92 Å². The summed E-state index contributed by atoms with van der Waals surface area (Å²) in [4.78, 5) is 0.777. The highest BCUT2D eigenvalue weighted by molar-refractivity contribution is 9.11. The summed E-state index contributed by atoms with van der Waals surface area (Å²) in [5.41, 5.74) is 0.0337. The summed E-state index contributed by atoms with van der Waals surface area (Å²) in [6.07, 6.45) is 0.868. The van der Waals surface area contributed by atoms with Crippen molar-refractivity contribution >= 4 is 38.9 Å². The summed E-state index contributed by atoms with van der Waals surface area (Å²) in [6, 6.07) is 5.09. The third kappa shape index (κ3) is 3.39. The molecule has 0 amide bonds. The van der Waals surface area contributed by atoms with Gasteiger partial charge in [0.1, 0.15) is 11.6 Å². The summed E-state index contributed by atoms with van der Waals surface area (Å²) in [6.45, 7) is 2.66. The van der Waals surface area contributed by atoms with Crippen molar-refractivity contribution in [2.75, 3.05) is 6.54 Å². The molecule has 0 aliphatic rings. The lowest BCUT2D eigenvalue weighted by atomic mass is 10.0. The Morgan fingerprint density at radius 2 is 2.00 bits per heavy atom. The summed E-state index contributed by atoms with van der Waals surface area (Å²) in [5.74, 6) is -1.11. The van der Waals surface area contributed by atoms with Crippen LogP contribution < -0.4 is 5.32 Å². The molecule has 1 aromatic heterocycles. The second kappa shape index (κ2) is 6.98. The molecular weight excluding hydrogens is 368 g/mol. The van der Waals surface area contributed by atoms with Crippen molar-refractivity contribution in [2.24, 2.45) is 0 Å². The standard InChI is InChI=1S/C14H13BrClF2NS/c1-2-6-19-13(11-7-8(16)14(15)20-11)12-9(17)4-3-5-10(12)18/h3-5,7,13,19H,2,6H2,1H3. The highest BCUT2D eigenvalue weighted by atomic mass is 79.9. The van der Waals surface area contributed by atoms with Crippen LogP contribution in [0.2, 0.25) is 5.02 Å². The van der Waals surface area contributed by atoms with E-state index < -0.39 is 17.7 Å². The Morgan fingerprint density at radius 1 is 1.35 bits per heavy atom. The lowest BCUT2D eigenvalue weighted by Gasteiger charge is -2.19. The average molecular weight is 381 g/mol. The summed E-state index contributed by atoms with van der Waals surface area (Å²) >= 11 is 10.7. The summed E-state index contributed by atoms with van der Waals surface area (Å²) in [7, 11) is 0. The van der Waals surface area contributed by atoms with Gasteiger partial charge in [0, 0.05) is 10.4 Å². The van der Waals surface area contributed by atoms with Crippen molar-refractivity contribution in [2.45, 2.75) is 19.4 Å². The Bertz CT molecular complexity index is 563. The predicted molar refractivity (Wildman–Crippen MR) is 83.5 cm³/mol. The van der Waals surface area contributed by atoms with Gasteiger partial charge < -0.3 is 5.32 Å². The smallest absolute Gasteiger partial charge is 0.131 e. The van der Waals surface area contributed by atoms with Gasteiger partial charge in [-0.3, -0.25) is 0 Å². The molecule has 0 aliphatic carbocycles. The van der Waals surface area contributed by atoms with E-state index in [1.54, 1.807) is 6.07 Å². The number of hydrogen-bond acceptors (Lipinski definition) is 2. The fourth-order valence-electron chi connectivity index (χ4n) is 1.93. The van der Waals surface area contributed by atoms with Gasteiger partial charge in [0.2, 0.25) is 0 Å². The number of hydrogen-bond donors (Lipinski definition) is 1. The van der Waals surface area contributed by atoms with E-state index >= 15 is 0 Å². The van der Waals surface area contributed by atoms with Crippen molar-refractivity contribution in [3.05, 3.63) is 55.1 Å². The largest absolute Gasteiger partial charge is 0.305 e. The van der Waals surface area contributed by atoms with Crippen molar-refractivity contribution in [3.63, 3.8) is 0 Å². The van der Waals surface area contributed by atoms with Crippen LogP contribution in [0.3, 0.4) is 0 Å². The normalized spacial score (nSPS) is 12.7. The third-order valence-electron chi connectivity index (χ3n) is 2.84. The molecule has 1 atom stereocenters. The lowest BCUT2D eigenvalue weighted by Crippen LogP contribution is -2.24. The van der Waals surface area contributed by atoms with Crippen LogP contribution in [0.1, 0.15) is 29.8 Å². The molecule has 0 aliphatic heterocycles. The molecule has 20 heavy (non-hydrogen) atoms. The highest BCUT2D eigenvalue weighted by Crippen LogP contribution is 2.38. The zero-order valence-corrected chi connectivity index (χ0v) is 13.9. The minimum absolute atomic E-state index is 0.0337. The van der Waals surface area contributed by atoms with Gasteiger partial charge in [-0.2, -0.15) is 0 Å². The van der Waals surface area contributed by atoms with E-state index in [4.69, 9.17) is 11.6 Å². The first-order chi connectivity index (χ1) is 9.54. The van der Waals surface area contributed by atoms with Gasteiger partial charge >= 0.3 is 0 Å². The summed E-state index contributed by atoms with van der Waals surface area (Å²) in [5, 5.41) is 3.72. The van der Waals surface area contributed by atoms with Crippen LogP contribution >= 0.6 is 38.9 Å². The molecule has 2 aromatic rings. The van der Waals surface area contributed by atoms with Gasteiger partial charge in [0.25, 0.3) is 0 Å². The molecule has 1 aromatic carbocycles. The molecule has 0 fully saturated rings. The SMILES string of the molecule is CCCNC(c1cc(Cl)c(Br)s1)c1c(F)cccc1F. The molecule has 1 unspecified atom stereocenters. The van der Waals surface area contributed by atoms with Gasteiger partial charge in [-0.15, -0.1) is 11.3 Å². The fourth-order valence-corrected chi connectivity index (χ4v) is 3.76. The van der Waals surface area contributed by atoms with Gasteiger partial charge in [0.15, 0.2) is 0 Å². The van der Waals surface area contributed by atoms with Gasteiger partial charge in [0.05, 0.1) is 14.9 Å². The van der Waals surface area contributed by atoms with Crippen LogP contribution in [0.5, 0.6) is 0 Å². The predicted octanol–water partition coefficient (Wildman–Crippen LogP) is 5.53. The van der Waals surface area contributed by atoms with E-state index in [-0.39, 0.29) is 5.56 Å². The van der Waals surface area contributed by atoms with E-state index in [2.05, 4.69) is 21.2 Å². The lowest BCUT2D eigenvalue weighted by molar-refractivity contribution is 0.506. The number of thiophene rings is 1. The monoisotopic (exact) mass is 379 g/mol. The number of rotatable bonds is 5. The average Bonchev–Trinajstić information content (AvgIpc) is 2.73. The molecule has 108 valence electrons. The van der Waals surface area contributed by atoms with Crippen molar-refractivity contribution in [1.29, 1.82) is 0 Å². The van der Waals surface area contributed by atoms with E-state index in [0.29, 0.717) is 11.6 Å². The molecule has 0 saturated heterocycles. The molecule has 0 radical (unpaired) electrons. The molecule has 2 rings (SSSR count). The number of halogens is 4. The summed E-state index contributed by atoms with van der Waals surface area (Å²) < 4.78 is 28.8. The van der Waals surface area contributed by atoms with Crippen LogP contribution in [0.25, 0.3) is 0 Å².